The van der Waals surface area contributed by atoms with E-state index in [2.05, 4.69) is 0 Å². The van der Waals surface area contributed by atoms with E-state index < -0.39 is 0 Å². The molecule has 0 saturated heterocycles. The van der Waals surface area contributed by atoms with Crippen molar-refractivity contribution >= 4 is 5.97 Å². The number of benzene rings is 1. The molecule has 0 radical (unpaired) electrons. The first kappa shape index (κ1) is 14.6. The lowest BCUT2D eigenvalue weighted by Gasteiger charge is -2.18. The molecule has 1 rings (SSSR count). The number of carbonyl (C=O) groups is 1. The molecule has 0 aliphatic carbocycles. The van der Waals surface area contributed by atoms with Crippen molar-refractivity contribution in [1.82, 2.24) is 0 Å². The zero-order valence-corrected chi connectivity index (χ0v) is 11.9. The summed E-state index contributed by atoms with van der Waals surface area (Å²) in [6.07, 6.45) is 0.737. The Morgan fingerprint density at radius 1 is 1.22 bits per heavy atom. The SMILES string of the molecule is CCOc1cc(C)c(C(CC)C(=O)OC)cc1C. The number of carbonyl (C=O) groups excluding carboxylic acids is 1. The second-order valence-corrected chi connectivity index (χ2v) is 4.39. The van der Waals surface area contributed by atoms with Crippen molar-refractivity contribution in [2.24, 2.45) is 0 Å². The van der Waals surface area contributed by atoms with Crippen molar-refractivity contribution in [2.45, 2.75) is 40.0 Å². The highest BCUT2D eigenvalue weighted by Crippen LogP contribution is 2.30. The maximum atomic E-state index is 11.8. The molecule has 0 bridgehead atoms. The fourth-order valence-corrected chi connectivity index (χ4v) is 2.15. The van der Waals surface area contributed by atoms with Crippen molar-refractivity contribution in [2.75, 3.05) is 13.7 Å². The zero-order valence-electron chi connectivity index (χ0n) is 11.9. The average Bonchev–Trinajstić information content (AvgIpc) is 2.35. The molecular weight excluding hydrogens is 228 g/mol. The van der Waals surface area contributed by atoms with Gasteiger partial charge in [0, 0.05) is 0 Å². The van der Waals surface area contributed by atoms with Gasteiger partial charge in [-0.15, -0.1) is 0 Å². The Labute approximate surface area is 109 Å². The van der Waals surface area contributed by atoms with E-state index >= 15 is 0 Å². The third kappa shape index (κ3) is 3.03. The van der Waals surface area contributed by atoms with Crippen LogP contribution in [0.3, 0.4) is 0 Å². The summed E-state index contributed by atoms with van der Waals surface area (Å²) < 4.78 is 10.4. The Bertz CT molecular complexity index is 424. The van der Waals surface area contributed by atoms with Crippen LogP contribution in [0.5, 0.6) is 5.75 Å². The van der Waals surface area contributed by atoms with E-state index in [1.807, 2.05) is 39.8 Å². The van der Waals surface area contributed by atoms with Crippen LogP contribution in [-0.4, -0.2) is 19.7 Å². The lowest BCUT2D eigenvalue weighted by Crippen LogP contribution is -2.15. The molecule has 1 aromatic carbocycles. The van der Waals surface area contributed by atoms with Gasteiger partial charge in [0.25, 0.3) is 0 Å². The molecule has 0 heterocycles. The van der Waals surface area contributed by atoms with Crippen LogP contribution < -0.4 is 4.74 Å². The van der Waals surface area contributed by atoms with Crippen LogP contribution >= 0.6 is 0 Å². The van der Waals surface area contributed by atoms with Crippen molar-refractivity contribution < 1.29 is 14.3 Å². The van der Waals surface area contributed by atoms with E-state index in [4.69, 9.17) is 9.47 Å². The summed E-state index contributed by atoms with van der Waals surface area (Å²) in [6, 6.07) is 4.03. The quantitative estimate of drug-likeness (QED) is 0.752. The van der Waals surface area contributed by atoms with Crippen molar-refractivity contribution in [1.29, 1.82) is 0 Å². The predicted octanol–water partition coefficient (Wildman–Crippen LogP) is 3.37. The molecule has 0 aromatic heterocycles. The van der Waals surface area contributed by atoms with E-state index in [9.17, 15) is 4.79 Å². The Kier molecular flexibility index (Phi) is 5.20. The van der Waals surface area contributed by atoms with Gasteiger partial charge in [0.1, 0.15) is 5.75 Å². The van der Waals surface area contributed by atoms with Crippen LogP contribution in [0, 0.1) is 13.8 Å². The van der Waals surface area contributed by atoms with Gasteiger partial charge in [-0.3, -0.25) is 4.79 Å². The van der Waals surface area contributed by atoms with Gasteiger partial charge in [-0.25, -0.2) is 0 Å². The fourth-order valence-electron chi connectivity index (χ4n) is 2.15. The molecule has 100 valence electrons. The number of hydrogen-bond acceptors (Lipinski definition) is 3. The van der Waals surface area contributed by atoms with Crippen molar-refractivity contribution in [3.63, 3.8) is 0 Å². The van der Waals surface area contributed by atoms with Crippen molar-refractivity contribution in [3.8, 4) is 5.75 Å². The van der Waals surface area contributed by atoms with Crippen LogP contribution in [0.25, 0.3) is 0 Å². The summed E-state index contributed by atoms with van der Waals surface area (Å²) in [5.74, 6) is 0.520. The summed E-state index contributed by atoms with van der Waals surface area (Å²) >= 11 is 0. The van der Waals surface area contributed by atoms with E-state index in [0.29, 0.717) is 6.61 Å². The molecule has 0 N–H and O–H groups in total. The number of ether oxygens (including phenoxy) is 2. The van der Waals surface area contributed by atoms with Gasteiger partial charge in [0.2, 0.25) is 0 Å². The first-order valence-corrected chi connectivity index (χ1v) is 6.36. The molecule has 1 aromatic rings. The molecule has 1 unspecified atom stereocenters. The summed E-state index contributed by atoms with van der Waals surface area (Å²) in [5, 5.41) is 0. The number of aryl methyl sites for hydroxylation is 2. The monoisotopic (exact) mass is 250 g/mol. The highest BCUT2D eigenvalue weighted by molar-refractivity contribution is 5.78. The number of rotatable bonds is 5. The van der Waals surface area contributed by atoms with Gasteiger partial charge in [0.15, 0.2) is 0 Å². The maximum Gasteiger partial charge on any atom is 0.313 e. The lowest BCUT2D eigenvalue weighted by molar-refractivity contribution is -0.142. The molecule has 0 spiro atoms. The van der Waals surface area contributed by atoms with Crippen LogP contribution in [0.2, 0.25) is 0 Å². The van der Waals surface area contributed by atoms with Gasteiger partial charge in [-0.05, 0) is 49.9 Å². The van der Waals surface area contributed by atoms with Gasteiger partial charge in [-0.2, -0.15) is 0 Å². The highest BCUT2D eigenvalue weighted by Gasteiger charge is 2.22. The third-order valence-corrected chi connectivity index (χ3v) is 3.13. The standard InChI is InChI=1S/C15H22O3/c1-6-12(15(16)17-5)13-8-11(4)14(18-7-2)9-10(13)3/h8-9,12H,6-7H2,1-5H3. The molecule has 0 fully saturated rings. The minimum atomic E-state index is -0.190. The Morgan fingerprint density at radius 3 is 2.39 bits per heavy atom. The first-order valence-electron chi connectivity index (χ1n) is 6.36. The van der Waals surface area contributed by atoms with Crippen LogP contribution in [0.4, 0.5) is 0 Å². The minimum absolute atomic E-state index is 0.177. The molecule has 0 aliphatic heterocycles. The highest BCUT2D eigenvalue weighted by atomic mass is 16.5. The van der Waals surface area contributed by atoms with Gasteiger partial charge >= 0.3 is 5.97 Å². The molecule has 1 atom stereocenters. The van der Waals surface area contributed by atoms with E-state index in [0.717, 1.165) is 28.9 Å². The minimum Gasteiger partial charge on any atom is -0.494 e. The summed E-state index contributed by atoms with van der Waals surface area (Å²) in [5.41, 5.74) is 3.16. The van der Waals surface area contributed by atoms with Crippen LogP contribution in [-0.2, 0) is 9.53 Å². The zero-order chi connectivity index (χ0) is 13.7. The molecule has 3 heteroatoms. The molecular formula is C15H22O3. The number of hydrogen-bond donors (Lipinski definition) is 0. The molecule has 0 aliphatic rings. The fraction of sp³-hybridized carbons (Fsp3) is 0.533. The molecule has 18 heavy (non-hydrogen) atoms. The summed E-state index contributed by atoms with van der Waals surface area (Å²) in [7, 11) is 1.43. The van der Waals surface area contributed by atoms with E-state index in [1.165, 1.54) is 7.11 Å². The largest absolute Gasteiger partial charge is 0.494 e. The third-order valence-electron chi connectivity index (χ3n) is 3.13. The Hall–Kier alpha value is -1.51. The topological polar surface area (TPSA) is 35.5 Å². The van der Waals surface area contributed by atoms with Crippen molar-refractivity contribution in [3.05, 3.63) is 28.8 Å². The maximum absolute atomic E-state index is 11.8. The Balaban J connectivity index is 3.16. The second kappa shape index (κ2) is 6.43. The normalized spacial score (nSPS) is 12.1. The van der Waals surface area contributed by atoms with Gasteiger partial charge in [0.05, 0.1) is 19.6 Å². The van der Waals surface area contributed by atoms with Gasteiger partial charge in [-0.1, -0.05) is 13.0 Å². The van der Waals surface area contributed by atoms with Crippen LogP contribution in [0.15, 0.2) is 12.1 Å². The average molecular weight is 250 g/mol. The number of esters is 1. The molecule has 0 amide bonds. The first-order chi connectivity index (χ1) is 8.54. The lowest BCUT2D eigenvalue weighted by atomic mass is 9.91. The van der Waals surface area contributed by atoms with Crippen LogP contribution in [0.1, 0.15) is 42.9 Å². The number of methoxy groups -OCH3 is 1. The summed E-state index contributed by atoms with van der Waals surface area (Å²) in [4.78, 5) is 11.8. The van der Waals surface area contributed by atoms with E-state index in [-0.39, 0.29) is 11.9 Å². The summed E-state index contributed by atoms with van der Waals surface area (Å²) in [6.45, 7) is 8.60. The molecule has 3 nitrogen and oxygen atoms in total. The Morgan fingerprint density at radius 2 is 1.89 bits per heavy atom. The van der Waals surface area contributed by atoms with E-state index in [1.54, 1.807) is 0 Å². The second-order valence-electron chi connectivity index (χ2n) is 4.39. The smallest absolute Gasteiger partial charge is 0.313 e. The van der Waals surface area contributed by atoms with Gasteiger partial charge < -0.3 is 9.47 Å². The molecule has 0 saturated carbocycles. The predicted molar refractivity (Wildman–Crippen MR) is 72.1 cm³/mol.